The van der Waals surface area contributed by atoms with Crippen LogP contribution in [-0.2, 0) is 20.2 Å². The third-order valence-corrected chi connectivity index (χ3v) is 6.58. The summed E-state index contributed by atoms with van der Waals surface area (Å²) in [4.78, 5) is -0.582. The van der Waals surface area contributed by atoms with Gasteiger partial charge in [0.25, 0.3) is 20.2 Å². The zero-order valence-electron chi connectivity index (χ0n) is 14.5. The van der Waals surface area contributed by atoms with Gasteiger partial charge in [0, 0.05) is 0 Å². The first-order chi connectivity index (χ1) is 13.6. The van der Waals surface area contributed by atoms with Crippen molar-refractivity contribution in [3.05, 3.63) is 58.3 Å². The summed E-state index contributed by atoms with van der Waals surface area (Å²) in [6.07, 6.45) is 2.73. The van der Waals surface area contributed by atoms with Crippen molar-refractivity contribution >= 4 is 66.5 Å². The van der Waals surface area contributed by atoms with E-state index < -0.39 is 20.2 Å². The van der Waals surface area contributed by atoms with Gasteiger partial charge in [-0.2, -0.15) is 28.2 Å². The van der Waals surface area contributed by atoms with E-state index in [1.807, 2.05) is 22.9 Å². The molecule has 150 valence electrons. The Morgan fingerprint density at radius 2 is 1.07 bits per heavy atom. The Kier molecular flexibility index (Phi) is 4.71. The first-order valence-corrected chi connectivity index (χ1v) is 12.0. The molecule has 3 aromatic rings. The highest BCUT2D eigenvalue weighted by Gasteiger charge is 2.25. The smallest absolute Gasteiger partial charge is 0.295 e. The van der Waals surface area contributed by atoms with E-state index in [4.69, 9.17) is 0 Å². The van der Waals surface area contributed by atoms with Gasteiger partial charge in [-0.15, -0.1) is 0 Å². The van der Waals surface area contributed by atoms with Crippen molar-refractivity contribution in [3.63, 3.8) is 0 Å². The summed E-state index contributed by atoms with van der Waals surface area (Å²) in [7, 11) is -8.87. The maximum absolute atomic E-state index is 11.5. The second-order valence-electron chi connectivity index (χ2n) is 6.20. The van der Waals surface area contributed by atoms with Crippen LogP contribution < -0.4 is 10.6 Å². The lowest BCUT2D eigenvalue weighted by atomic mass is 10.1. The molecule has 0 aliphatic carbocycles. The van der Waals surface area contributed by atoms with E-state index in [0.717, 1.165) is 11.4 Å². The number of anilines is 4. The average molecular weight is 451 g/mol. The predicted octanol–water partition coefficient (Wildman–Crippen LogP) is 4.21. The molecule has 0 spiro atoms. The monoisotopic (exact) mass is 450 g/mol. The van der Waals surface area contributed by atoms with Crippen molar-refractivity contribution in [2.75, 3.05) is 10.6 Å². The van der Waals surface area contributed by atoms with Gasteiger partial charge >= 0.3 is 0 Å². The average Bonchev–Trinajstić information content (AvgIpc) is 3.50. The standard InChI is InChI=1S/C14H10N2O6S2.C4H4S/c17-23(18,19)13-5-11-9(15-11)3-7(13)1-2-8-4-10-12(16-10)6-14(8)24(20,21)22;1-2-4-5-3-1/h1-6,15-16H,(H,17,18,19)(H,20,21,22);1-4H. The van der Waals surface area contributed by atoms with Crippen LogP contribution in [0.15, 0.2) is 56.9 Å². The summed E-state index contributed by atoms with van der Waals surface area (Å²) >= 11 is 1.71. The third-order valence-electron chi connectivity index (χ3n) is 4.14. The van der Waals surface area contributed by atoms with Crippen LogP contribution in [0.2, 0.25) is 0 Å². The molecule has 3 heterocycles. The normalized spacial score (nSPS) is 13.4. The van der Waals surface area contributed by atoms with Crippen molar-refractivity contribution in [2.45, 2.75) is 9.79 Å². The van der Waals surface area contributed by atoms with Crippen LogP contribution in [0.25, 0.3) is 12.2 Å². The first-order valence-electron chi connectivity index (χ1n) is 8.13. The van der Waals surface area contributed by atoms with E-state index in [-0.39, 0.29) is 20.9 Å². The minimum atomic E-state index is -4.43. The molecule has 0 atom stereocenters. The van der Waals surface area contributed by atoms with Crippen LogP contribution >= 0.6 is 11.3 Å². The molecule has 8 nitrogen and oxygen atoms in total. The minimum absolute atomic E-state index is 0.195. The van der Waals surface area contributed by atoms with Crippen LogP contribution in [0, 0.1) is 0 Å². The lowest BCUT2D eigenvalue weighted by Gasteiger charge is -2.03. The molecule has 11 heteroatoms. The molecule has 2 aliphatic heterocycles. The summed E-state index contributed by atoms with van der Waals surface area (Å²) in [6.45, 7) is 0. The largest absolute Gasteiger partial charge is 0.352 e. The van der Waals surface area contributed by atoms with Gasteiger partial charge in [0.05, 0.1) is 22.7 Å². The van der Waals surface area contributed by atoms with Gasteiger partial charge in [0.2, 0.25) is 0 Å². The van der Waals surface area contributed by atoms with E-state index in [1.54, 1.807) is 11.3 Å². The maximum Gasteiger partial charge on any atom is 0.295 e. The molecule has 1 aromatic heterocycles. The summed E-state index contributed by atoms with van der Waals surface area (Å²) < 4.78 is 64.5. The summed E-state index contributed by atoms with van der Waals surface area (Å²) in [5.41, 5.74) is 3.04. The highest BCUT2D eigenvalue weighted by molar-refractivity contribution is 7.86. The highest BCUT2D eigenvalue weighted by Crippen LogP contribution is 2.44. The van der Waals surface area contributed by atoms with E-state index in [1.165, 1.54) is 36.4 Å². The molecule has 2 aliphatic rings. The molecule has 0 radical (unpaired) electrons. The SMILES string of the molecule is O=S(=O)(O)c1cc2c(cc1C=Cc1cc3c(cc1S(=O)(=O)O)N3)N2.c1ccsc1. The molecule has 0 saturated carbocycles. The molecular weight excluding hydrogens is 436 g/mol. The van der Waals surface area contributed by atoms with Gasteiger partial charge in [-0.05, 0) is 46.2 Å². The topological polar surface area (TPSA) is 153 Å². The van der Waals surface area contributed by atoms with Crippen molar-refractivity contribution < 1.29 is 25.9 Å². The zero-order valence-corrected chi connectivity index (χ0v) is 17.0. The van der Waals surface area contributed by atoms with E-state index in [2.05, 4.69) is 10.6 Å². The van der Waals surface area contributed by atoms with E-state index in [9.17, 15) is 25.9 Å². The molecule has 29 heavy (non-hydrogen) atoms. The predicted molar refractivity (Wildman–Crippen MR) is 112 cm³/mol. The highest BCUT2D eigenvalue weighted by atomic mass is 32.2. The van der Waals surface area contributed by atoms with Crippen LogP contribution in [0.3, 0.4) is 0 Å². The van der Waals surface area contributed by atoms with Gasteiger partial charge in [0.1, 0.15) is 9.79 Å². The van der Waals surface area contributed by atoms with Gasteiger partial charge < -0.3 is 10.6 Å². The molecular formula is C18H14N2O6S3. The molecule has 0 fully saturated rings. The third kappa shape index (κ3) is 4.49. The molecule has 5 rings (SSSR count). The first kappa shape index (κ1) is 19.6. The van der Waals surface area contributed by atoms with Crippen LogP contribution in [0.5, 0.6) is 0 Å². The van der Waals surface area contributed by atoms with Crippen molar-refractivity contribution in [1.82, 2.24) is 0 Å². The van der Waals surface area contributed by atoms with E-state index >= 15 is 0 Å². The lowest BCUT2D eigenvalue weighted by molar-refractivity contribution is 0.480. The number of rotatable bonds is 4. The van der Waals surface area contributed by atoms with Gasteiger partial charge in [0.15, 0.2) is 0 Å². The second-order valence-corrected chi connectivity index (χ2v) is 9.79. The number of benzene rings is 2. The van der Waals surface area contributed by atoms with Crippen LogP contribution in [0.1, 0.15) is 11.1 Å². The number of nitrogens with one attached hydrogen (secondary N) is 2. The molecule has 0 amide bonds. The Morgan fingerprint density at radius 1 is 0.690 bits per heavy atom. The molecule has 4 N–H and O–H groups in total. The Morgan fingerprint density at radius 3 is 1.38 bits per heavy atom. The fourth-order valence-corrected chi connectivity index (χ4v) is 4.52. The molecule has 2 aromatic carbocycles. The molecule has 0 bridgehead atoms. The summed E-state index contributed by atoms with van der Waals surface area (Å²) in [6, 6.07) is 9.67. The van der Waals surface area contributed by atoms with Crippen molar-refractivity contribution in [1.29, 1.82) is 0 Å². The fourth-order valence-electron chi connectivity index (χ4n) is 2.68. The number of thiophene rings is 1. The Balaban J connectivity index is 0.000000359. The van der Waals surface area contributed by atoms with E-state index in [0.29, 0.717) is 11.4 Å². The molecule has 0 saturated heterocycles. The Hall–Kier alpha value is -2.70. The van der Waals surface area contributed by atoms with Crippen molar-refractivity contribution in [3.8, 4) is 0 Å². The van der Waals surface area contributed by atoms with Gasteiger partial charge in [-0.25, -0.2) is 0 Å². The Labute approximate surface area is 171 Å². The second kappa shape index (κ2) is 6.97. The zero-order chi connectivity index (χ0) is 20.8. The quantitative estimate of drug-likeness (QED) is 0.180. The lowest BCUT2D eigenvalue weighted by Crippen LogP contribution is -2.00. The van der Waals surface area contributed by atoms with Crippen molar-refractivity contribution in [2.24, 2.45) is 0 Å². The van der Waals surface area contributed by atoms with Gasteiger partial charge in [-0.1, -0.05) is 24.3 Å². The number of hydrogen-bond acceptors (Lipinski definition) is 7. The Bertz CT molecular complexity index is 1240. The number of hydrogen-bond donors (Lipinski definition) is 4. The minimum Gasteiger partial charge on any atom is -0.352 e. The molecule has 0 unspecified atom stereocenters. The summed E-state index contributed by atoms with van der Waals surface area (Å²) in [5.74, 6) is 0. The van der Waals surface area contributed by atoms with Gasteiger partial charge in [-0.3, -0.25) is 9.11 Å². The summed E-state index contributed by atoms with van der Waals surface area (Å²) in [5, 5.41) is 9.76. The van der Waals surface area contributed by atoms with Crippen LogP contribution in [0.4, 0.5) is 22.7 Å². The fraction of sp³-hybridized carbons (Fsp3) is 0. The number of fused-ring (bicyclic) bond motifs is 2. The maximum atomic E-state index is 11.5. The van der Waals surface area contributed by atoms with Crippen LogP contribution in [-0.4, -0.2) is 25.9 Å².